The Morgan fingerprint density at radius 1 is 1.23 bits per heavy atom. The van der Waals surface area contributed by atoms with Crippen molar-refractivity contribution in [1.29, 1.82) is 0 Å². The van der Waals surface area contributed by atoms with Crippen molar-refractivity contribution in [3.63, 3.8) is 0 Å². The van der Waals surface area contributed by atoms with Gasteiger partial charge in [-0.2, -0.15) is 0 Å². The average molecular weight is 178 g/mol. The first-order valence-electron chi connectivity index (χ1n) is 3.90. The number of rotatable bonds is 3. The molecule has 0 aliphatic rings. The van der Waals surface area contributed by atoms with Crippen LogP contribution in [0.1, 0.15) is 10.4 Å². The van der Waals surface area contributed by atoms with Crippen molar-refractivity contribution in [2.75, 3.05) is 14.2 Å². The molecule has 0 unspecified atom stereocenters. The van der Waals surface area contributed by atoms with E-state index in [4.69, 9.17) is 9.47 Å². The van der Waals surface area contributed by atoms with Gasteiger partial charge >= 0.3 is 0 Å². The highest BCUT2D eigenvalue weighted by Gasteiger charge is 2.09. The van der Waals surface area contributed by atoms with Crippen LogP contribution < -0.4 is 14.9 Å². The Bertz CT molecular complexity index is 298. The van der Waals surface area contributed by atoms with E-state index < -0.39 is 0 Å². The van der Waals surface area contributed by atoms with Crippen LogP contribution in [0.25, 0.3) is 0 Å². The minimum absolute atomic E-state index is 0.454. The van der Waals surface area contributed by atoms with E-state index in [0.29, 0.717) is 17.1 Å². The molecule has 0 bridgehead atoms. The molecule has 4 heteroatoms. The molecule has 68 valence electrons. The summed E-state index contributed by atoms with van der Waals surface area (Å²) in [5.74, 6) is 1.10. The van der Waals surface area contributed by atoms with Gasteiger partial charge in [-0.15, -0.1) is 0 Å². The van der Waals surface area contributed by atoms with E-state index in [2.05, 4.69) is 0 Å². The maximum absolute atomic E-state index is 10.7. The maximum atomic E-state index is 10.7. The summed E-state index contributed by atoms with van der Waals surface area (Å²) in [6.07, 6.45) is 0.733. The van der Waals surface area contributed by atoms with Gasteiger partial charge in [0.05, 0.1) is 19.8 Å². The number of ether oxygens (including phenoxy) is 2. The molecule has 0 fully saturated rings. The van der Waals surface area contributed by atoms with Crippen LogP contribution in [0.15, 0.2) is 12.1 Å². The zero-order chi connectivity index (χ0) is 9.84. The van der Waals surface area contributed by atoms with Crippen molar-refractivity contribution in [2.24, 2.45) is 0 Å². The van der Waals surface area contributed by atoms with E-state index in [1.54, 1.807) is 12.1 Å². The lowest BCUT2D eigenvalue weighted by atomic mass is 9.94. The number of hydrogen-bond acceptors (Lipinski definition) is 3. The number of carbonyl (C=O) groups is 1. The number of benzene rings is 1. The lowest BCUT2D eigenvalue weighted by Gasteiger charge is -2.09. The van der Waals surface area contributed by atoms with Crippen molar-refractivity contribution < 1.29 is 14.3 Å². The normalized spacial score (nSPS) is 9.38. The van der Waals surface area contributed by atoms with Gasteiger partial charge in [0.1, 0.15) is 19.3 Å². The second kappa shape index (κ2) is 3.98. The van der Waals surface area contributed by atoms with Crippen LogP contribution in [0, 0.1) is 0 Å². The summed E-state index contributed by atoms with van der Waals surface area (Å²) in [5.41, 5.74) is 1.45. The highest BCUT2D eigenvalue weighted by atomic mass is 16.5. The van der Waals surface area contributed by atoms with E-state index in [0.717, 1.165) is 11.7 Å². The van der Waals surface area contributed by atoms with Gasteiger partial charge in [-0.05, 0) is 12.1 Å². The van der Waals surface area contributed by atoms with Crippen LogP contribution in [0.3, 0.4) is 0 Å². The summed E-state index contributed by atoms with van der Waals surface area (Å²) < 4.78 is 10.1. The third-order valence-corrected chi connectivity index (χ3v) is 1.81. The minimum Gasteiger partial charge on any atom is -0.496 e. The van der Waals surface area contributed by atoms with E-state index >= 15 is 0 Å². The van der Waals surface area contributed by atoms with Crippen LogP contribution >= 0.6 is 0 Å². The van der Waals surface area contributed by atoms with Crippen molar-refractivity contribution in [2.45, 2.75) is 0 Å². The first-order chi connectivity index (χ1) is 6.22. The summed E-state index contributed by atoms with van der Waals surface area (Å²) in [4.78, 5) is 10.7. The topological polar surface area (TPSA) is 35.5 Å². The average Bonchev–Trinajstić information content (AvgIpc) is 2.16. The summed E-state index contributed by atoms with van der Waals surface area (Å²) >= 11 is 0. The van der Waals surface area contributed by atoms with Gasteiger partial charge in [0, 0.05) is 0 Å². The van der Waals surface area contributed by atoms with Crippen LogP contribution in [0.4, 0.5) is 0 Å². The number of methoxy groups -OCH3 is 2. The molecule has 0 radical (unpaired) electrons. The fraction of sp³-hybridized carbons (Fsp3) is 0.222. The van der Waals surface area contributed by atoms with Gasteiger partial charge in [-0.1, -0.05) is 5.46 Å². The molecule has 0 heterocycles. The molecule has 0 amide bonds. The summed E-state index contributed by atoms with van der Waals surface area (Å²) in [6, 6.07) is 3.60. The number of aldehydes is 1. The van der Waals surface area contributed by atoms with Crippen LogP contribution in [0.2, 0.25) is 0 Å². The Hall–Kier alpha value is -1.45. The summed E-state index contributed by atoms with van der Waals surface area (Å²) in [7, 11) is 4.97. The molecule has 0 spiro atoms. The molecule has 0 aliphatic carbocycles. The summed E-state index contributed by atoms with van der Waals surface area (Å²) in [5, 5.41) is 0. The second-order valence-corrected chi connectivity index (χ2v) is 2.70. The molecule has 0 aliphatic heterocycles. The minimum atomic E-state index is 0.454. The Labute approximate surface area is 78.1 Å². The van der Waals surface area contributed by atoms with Crippen LogP contribution in [-0.4, -0.2) is 28.4 Å². The molecule has 3 nitrogen and oxygen atoms in total. The SMILES string of the molecule is Bc1cc(OC)c(C=O)c(OC)c1. The fourth-order valence-electron chi connectivity index (χ4n) is 1.19. The number of hydrogen-bond donors (Lipinski definition) is 0. The summed E-state index contributed by atoms with van der Waals surface area (Å²) in [6.45, 7) is 0. The van der Waals surface area contributed by atoms with Gasteiger partial charge in [0.25, 0.3) is 0 Å². The van der Waals surface area contributed by atoms with E-state index in [-0.39, 0.29) is 0 Å². The van der Waals surface area contributed by atoms with Crippen LogP contribution in [-0.2, 0) is 0 Å². The quantitative estimate of drug-likeness (QED) is 0.473. The highest BCUT2D eigenvalue weighted by Crippen LogP contribution is 2.24. The molecular weight excluding hydrogens is 167 g/mol. The Morgan fingerprint density at radius 3 is 2.00 bits per heavy atom. The zero-order valence-corrected chi connectivity index (χ0v) is 7.96. The second-order valence-electron chi connectivity index (χ2n) is 2.70. The monoisotopic (exact) mass is 178 g/mol. The molecule has 0 aromatic heterocycles. The van der Waals surface area contributed by atoms with Gasteiger partial charge in [0.2, 0.25) is 0 Å². The fourth-order valence-corrected chi connectivity index (χ4v) is 1.19. The third kappa shape index (κ3) is 1.83. The Kier molecular flexibility index (Phi) is 2.95. The Morgan fingerprint density at radius 2 is 1.69 bits per heavy atom. The molecule has 0 N–H and O–H groups in total. The predicted molar refractivity (Wildman–Crippen MR) is 53.1 cm³/mol. The van der Waals surface area contributed by atoms with Crippen molar-refractivity contribution in [3.8, 4) is 11.5 Å². The molecule has 1 aromatic carbocycles. The Balaban J connectivity index is 3.33. The van der Waals surface area contributed by atoms with Gasteiger partial charge < -0.3 is 9.47 Å². The zero-order valence-electron chi connectivity index (χ0n) is 7.96. The molecule has 0 atom stereocenters. The van der Waals surface area contributed by atoms with Gasteiger partial charge in [-0.25, -0.2) is 0 Å². The smallest absolute Gasteiger partial charge is 0.157 e. The largest absolute Gasteiger partial charge is 0.496 e. The molecule has 1 rings (SSSR count). The molecule has 0 saturated heterocycles. The first kappa shape index (κ1) is 9.64. The van der Waals surface area contributed by atoms with E-state index in [1.165, 1.54) is 14.2 Å². The lowest BCUT2D eigenvalue weighted by Crippen LogP contribution is -2.06. The van der Waals surface area contributed by atoms with Gasteiger partial charge in [-0.3, -0.25) is 4.79 Å². The highest BCUT2D eigenvalue weighted by molar-refractivity contribution is 6.32. The van der Waals surface area contributed by atoms with Gasteiger partial charge in [0.15, 0.2) is 6.29 Å². The van der Waals surface area contributed by atoms with Crippen LogP contribution in [0.5, 0.6) is 11.5 Å². The first-order valence-corrected chi connectivity index (χ1v) is 3.90. The van der Waals surface area contributed by atoms with Crippen molar-refractivity contribution >= 4 is 19.6 Å². The van der Waals surface area contributed by atoms with Crippen molar-refractivity contribution in [1.82, 2.24) is 0 Å². The molecule has 1 aromatic rings. The number of carbonyl (C=O) groups excluding carboxylic acids is 1. The lowest BCUT2D eigenvalue weighted by molar-refractivity contribution is 0.111. The van der Waals surface area contributed by atoms with E-state index in [9.17, 15) is 4.79 Å². The molecular formula is C9H11BO3. The molecule has 13 heavy (non-hydrogen) atoms. The standard InChI is InChI=1S/C9H11BO3/c1-12-8-3-6(10)4-9(13-2)7(8)5-11/h3-5H,10H2,1-2H3. The molecule has 0 saturated carbocycles. The predicted octanol–water partition coefficient (Wildman–Crippen LogP) is -0.225. The third-order valence-electron chi connectivity index (χ3n) is 1.81. The van der Waals surface area contributed by atoms with Crippen molar-refractivity contribution in [3.05, 3.63) is 17.7 Å². The van der Waals surface area contributed by atoms with E-state index in [1.807, 2.05) is 7.85 Å². The maximum Gasteiger partial charge on any atom is 0.157 e.